The predicted octanol–water partition coefficient (Wildman–Crippen LogP) is 1.78. The molecule has 0 spiro atoms. The number of hydrogen-bond donors (Lipinski definition) is 1. The van der Waals surface area contributed by atoms with E-state index in [1.165, 1.54) is 12.8 Å². The van der Waals surface area contributed by atoms with Crippen LogP contribution in [0.4, 0.5) is 0 Å². The van der Waals surface area contributed by atoms with Crippen LogP contribution in [0.25, 0.3) is 4.96 Å². The molecule has 3 rings (SSSR count). The number of hydrogen-bond acceptors (Lipinski definition) is 6. The van der Waals surface area contributed by atoms with Crippen molar-refractivity contribution in [2.24, 2.45) is 5.41 Å². The lowest BCUT2D eigenvalue weighted by molar-refractivity contribution is 0.173. The molecule has 7 heteroatoms. The molecule has 0 radical (unpaired) electrons. The Balaban J connectivity index is 1.96. The second kappa shape index (κ2) is 4.81. The summed E-state index contributed by atoms with van der Waals surface area (Å²) in [5.74, 6) is 0.758. The number of fused-ring (bicyclic) bond motifs is 1. The van der Waals surface area contributed by atoms with Gasteiger partial charge in [0.25, 0.3) is 0 Å². The number of nitrogens with one attached hydrogen (secondary N) is 1. The van der Waals surface area contributed by atoms with Crippen molar-refractivity contribution in [3.63, 3.8) is 0 Å². The van der Waals surface area contributed by atoms with Gasteiger partial charge in [0.15, 0.2) is 5.82 Å². The Morgan fingerprint density at radius 2 is 2.32 bits per heavy atom. The molecular weight excluding hydrogens is 262 g/mol. The third-order valence-electron chi connectivity index (χ3n) is 3.72. The topological polar surface area (TPSA) is 64.3 Å². The van der Waals surface area contributed by atoms with E-state index in [-0.39, 0.29) is 5.41 Å². The zero-order valence-corrected chi connectivity index (χ0v) is 12.3. The van der Waals surface area contributed by atoms with Gasteiger partial charge in [0.05, 0.1) is 6.04 Å². The van der Waals surface area contributed by atoms with Gasteiger partial charge in [-0.15, -0.1) is 10.2 Å². The van der Waals surface area contributed by atoms with Crippen molar-refractivity contribution in [2.45, 2.75) is 39.3 Å². The van der Waals surface area contributed by atoms with Crippen LogP contribution < -0.4 is 5.32 Å². The molecule has 6 nitrogen and oxygen atoms in total. The van der Waals surface area contributed by atoms with Gasteiger partial charge in [-0.3, -0.25) is 0 Å². The van der Waals surface area contributed by atoms with Gasteiger partial charge in [-0.1, -0.05) is 25.2 Å². The van der Waals surface area contributed by atoms with E-state index in [2.05, 4.69) is 34.5 Å². The summed E-state index contributed by atoms with van der Waals surface area (Å²) >= 11 is 1.61. The first-order valence-electron chi connectivity index (χ1n) is 6.55. The van der Waals surface area contributed by atoms with Crippen molar-refractivity contribution in [1.29, 1.82) is 0 Å². The van der Waals surface area contributed by atoms with Gasteiger partial charge in [-0.05, 0) is 24.8 Å². The van der Waals surface area contributed by atoms with Crippen LogP contribution in [0.15, 0.2) is 0 Å². The van der Waals surface area contributed by atoms with Crippen LogP contribution in [-0.2, 0) is 11.3 Å². The quantitative estimate of drug-likeness (QED) is 0.929. The van der Waals surface area contributed by atoms with Gasteiger partial charge in [0, 0.05) is 7.11 Å². The summed E-state index contributed by atoms with van der Waals surface area (Å²) in [6, 6.07) is 0.295. The lowest BCUT2D eigenvalue weighted by Gasteiger charge is -2.37. The molecule has 1 atom stereocenters. The van der Waals surface area contributed by atoms with Gasteiger partial charge >= 0.3 is 0 Å². The van der Waals surface area contributed by atoms with Crippen LogP contribution in [0.1, 0.15) is 43.6 Å². The van der Waals surface area contributed by atoms with Crippen molar-refractivity contribution in [1.82, 2.24) is 25.1 Å². The molecule has 0 amide bonds. The van der Waals surface area contributed by atoms with Gasteiger partial charge in [-0.2, -0.15) is 9.61 Å². The van der Waals surface area contributed by atoms with E-state index >= 15 is 0 Å². The Morgan fingerprint density at radius 3 is 3.05 bits per heavy atom. The van der Waals surface area contributed by atoms with Crippen molar-refractivity contribution < 1.29 is 4.74 Å². The highest BCUT2D eigenvalue weighted by atomic mass is 32.1. The maximum absolute atomic E-state index is 5.12. The van der Waals surface area contributed by atoms with Crippen LogP contribution in [-0.4, -0.2) is 33.5 Å². The molecule has 104 valence electrons. The third kappa shape index (κ3) is 2.26. The van der Waals surface area contributed by atoms with Gasteiger partial charge < -0.3 is 10.1 Å². The Kier molecular flexibility index (Phi) is 3.28. The standard InChI is InChI=1S/C12H19N5OS/c1-12(2)5-4-6-13-9(12)10-16-17-8(7-18-3)14-15-11(17)19-10/h9,13H,4-7H2,1-3H3. The molecule has 2 aromatic rings. The summed E-state index contributed by atoms with van der Waals surface area (Å²) in [6.45, 7) is 6.08. The van der Waals surface area contributed by atoms with E-state index in [4.69, 9.17) is 4.74 Å². The Morgan fingerprint density at radius 1 is 1.47 bits per heavy atom. The van der Waals surface area contributed by atoms with Gasteiger partial charge in [-0.25, -0.2) is 0 Å². The van der Waals surface area contributed by atoms with Crippen LogP contribution in [0.3, 0.4) is 0 Å². The Labute approximate surface area is 116 Å². The summed E-state index contributed by atoms with van der Waals surface area (Å²) in [7, 11) is 1.65. The highest BCUT2D eigenvalue weighted by Gasteiger charge is 2.35. The summed E-state index contributed by atoms with van der Waals surface area (Å²) < 4.78 is 6.92. The average molecular weight is 281 g/mol. The second-order valence-electron chi connectivity index (χ2n) is 5.66. The molecule has 19 heavy (non-hydrogen) atoms. The number of nitrogens with zero attached hydrogens (tertiary/aromatic N) is 4. The number of piperidine rings is 1. The summed E-state index contributed by atoms with van der Waals surface area (Å²) in [5.41, 5.74) is 0.225. The highest BCUT2D eigenvalue weighted by Crippen LogP contribution is 2.41. The smallest absolute Gasteiger partial charge is 0.234 e. The monoisotopic (exact) mass is 281 g/mol. The molecule has 0 bridgehead atoms. The van der Waals surface area contributed by atoms with Crippen molar-refractivity contribution in [2.75, 3.05) is 13.7 Å². The number of rotatable bonds is 3. The molecule has 2 aromatic heterocycles. The lowest BCUT2D eigenvalue weighted by Crippen LogP contribution is -2.39. The predicted molar refractivity (Wildman–Crippen MR) is 73.1 cm³/mol. The molecule has 1 aliphatic heterocycles. The molecule has 1 unspecified atom stereocenters. The average Bonchev–Trinajstić information content (AvgIpc) is 2.91. The zero-order valence-electron chi connectivity index (χ0n) is 11.5. The molecule has 1 aliphatic rings. The van der Waals surface area contributed by atoms with Crippen LogP contribution >= 0.6 is 11.3 Å². The molecule has 3 heterocycles. The zero-order chi connectivity index (χ0) is 13.5. The van der Waals surface area contributed by atoms with Gasteiger partial charge in [0.2, 0.25) is 4.96 Å². The van der Waals surface area contributed by atoms with E-state index in [0.29, 0.717) is 12.6 Å². The first-order valence-corrected chi connectivity index (χ1v) is 7.37. The first kappa shape index (κ1) is 13.0. The summed E-state index contributed by atoms with van der Waals surface area (Å²) in [5, 5.41) is 17.6. The van der Waals surface area contributed by atoms with Crippen LogP contribution in [0.2, 0.25) is 0 Å². The molecule has 1 N–H and O–H groups in total. The van der Waals surface area contributed by atoms with Crippen molar-refractivity contribution >= 4 is 16.3 Å². The first-order chi connectivity index (χ1) is 9.12. The van der Waals surface area contributed by atoms with E-state index in [0.717, 1.165) is 22.3 Å². The summed E-state index contributed by atoms with van der Waals surface area (Å²) in [4.78, 5) is 0.838. The second-order valence-corrected chi connectivity index (χ2v) is 6.65. The largest absolute Gasteiger partial charge is 0.377 e. The minimum absolute atomic E-state index is 0.225. The van der Waals surface area contributed by atoms with Crippen LogP contribution in [0, 0.1) is 5.41 Å². The number of ether oxygens (including phenoxy) is 1. The molecule has 0 aliphatic carbocycles. The van der Waals surface area contributed by atoms with E-state index in [1.807, 2.05) is 0 Å². The number of methoxy groups -OCH3 is 1. The lowest BCUT2D eigenvalue weighted by atomic mass is 9.78. The molecule has 0 saturated carbocycles. The van der Waals surface area contributed by atoms with E-state index < -0.39 is 0 Å². The fraction of sp³-hybridized carbons (Fsp3) is 0.750. The highest BCUT2D eigenvalue weighted by molar-refractivity contribution is 7.16. The minimum Gasteiger partial charge on any atom is -0.377 e. The SMILES string of the molecule is COCc1nnc2sc(C3NCCCC3(C)C)nn12. The fourth-order valence-electron chi connectivity index (χ4n) is 2.64. The van der Waals surface area contributed by atoms with Gasteiger partial charge in [0.1, 0.15) is 11.6 Å². The van der Waals surface area contributed by atoms with E-state index in [9.17, 15) is 0 Å². The molecule has 1 saturated heterocycles. The normalized spacial score (nSPS) is 23.0. The molecule has 1 fully saturated rings. The van der Waals surface area contributed by atoms with Crippen molar-refractivity contribution in [3.8, 4) is 0 Å². The molecular formula is C12H19N5OS. The van der Waals surface area contributed by atoms with E-state index in [1.54, 1.807) is 23.0 Å². The third-order valence-corrected chi connectivity index (χ3v) is 4.68. The summed E-state index contributed by atoms with van der Waals surface area (Å²) in [6.07, 6.45) is 2.44. The fourth-order valence-corrected chi connectivity index (χ4v) is 3.78. The number of aromatic nitrogens is 4. The Bertz CT molecular complexity index is 576. The van der Waals surface area contributed by atoms with Crippen molar-refractivity contribution in [3.05, 3.63) is 10.8 Å². The molecule has 0 aromatic carbocycles. The maximum atomic E-state index is 5.12. The Hall–Kier alpha value is -1.05. The maximum Gasteiger partial charge on any atom is 0.234 e. The van der Waals surface area contributed by atoms with Crippen LogP contribution in [0.5, 0.6) is 0 Å². The minimum atomic E-state index is 0.225.